The lowest BCUT2D eigenvalue weighted by Crippen LogP contribution is -2.33. The quantitative estimate of drug-likeness (QED) is 0.844. The number of carbonyl (C=O) groups excluding carboxylic acids is 1. The third kappa shape index (κ3) is 2.16. The van der Waals surface area contributed by atoms with Crippen LogP contribution in [0.15, 0.2) is 6.07 Å². The van der Waals surface area contributed by atoms with Gasteiger partial charge in [-0.05, 0) is 36.7 Å². The van der Waals surface area contributed by atoms with Crippen LogP contribution in [0.1, 0.15) is 48.8 Å². The van der Waals surface area contributed by atoms with Gasteiger partial charge >= 0.3 is 0 Å². The number of hydrogen-bond acceptors (Lipinski definition) is 3. The normalized spacial score (nSPS) is 30.1. The highest BCUT2D eigenvalue weighted by Gasteiger charge is 2.42. The molecule has 1 saturated heterocycles. The maximum atomic E-state index is 12.4. The van der Waals surface area contributed by atoms with Crippen LogP contribution in [0.2, 0.25) is 0 Å². The number of fused-ring (bicyclic) bond motifs is 1. The number of aromatic amines is 1. The molecule has 1 aromatic heterocycles. The predicted molar refractivity (Wildman–Crippen MR) is 72.8 cm³/mol. The largest absolute Gasteiger partial charge is 0.337 e. The number of nitrogens with one attached hydrogen (secondary N) is 1. The second kappa shape index (κ2) is 4.63. The number of hydrogen-bond donors (Lipinski definition) is 2. The zero-order valence-corrected chi connectivity index (χ0v) is 11.6. The van der Waals surface area contributed by atoms with E-state index in [1.807, 2.05) is 11.0 Å². The van der Waals surface area contributed by atoms with E-state index < -0.39 is 0 Å². The summed E-state index contributed by atoms with van der Waals surface area (Å²) < 4.78 is 0. The number of rotatable bonds is 2. The molecule has 0 aromatic carbocycles. The van der Waals surface area contributed by atoms with Gasteiger partial charge in [0.2, 0.25) is 0 Å². The van der Waals surface area contributed by atoms with E-state index in [4.69, 9.17) is 5.73 Å². The van der Waals surface area contributed by atoms with Gasteiger partial charge in [-0.2, -0.15) is 5.10 Å². The zero-order valence-electron chi connectivity index (χ0n) is 11.6. The molecule has 5 heteroatoms. The van der Waals surface area contributed by atoms with Crippen molar-refractivity contribution >= 4 is 5.91 Å². The molecule has 1 saturated carbocycles. The topological polar surface area (TPSA) is 75.0 Å². The molecule has 3 unspecified atom stereocenters. The van der Waals surface area contributed by atoms with E-state index in [9.17, 15) is 4.79 Å². The van der Waals surface area contributed by atoms with Crippen molar-refractivity contribution in [1.82, 2.24) is 15.1 Å². The summed E-state index contributed by atoms with van der Waals surface area (Å²) in [4.78, 5) is 14.3. The van der Waals surface area contributed by atoms with Crippen LogP contribution in [0.25, 0.3) is 0 Å². The second-order valence-corrected chi connectivity index (χ2v) is 6.24. The standard InChI is InChI=1S/C14H22N4O/c1-8(2)12-5-13(17-16-12)14(19)18-6-9-3-4-11(15)10(9)7-18/h5,8-11H,3-4,6-7,15H2,1-2H3,(H,16,17). The van der Waals surface area contributed by atoms with E-state index in [2.05, 4.69) is 24.0 Å². The molecule has 0 radical (unpaired) electrons. The maximum absolute atomic E-state index is 12.4. The second-order valence-electron chi connectivity index (χ2n) is 6.24. The molecule has 2 heterocycles. The Kier molecular flexibility index (Phi) is 3.09. The molecule has 3 rings (SSSR count). The summed E-state index contributed by atoms with van der Waals surface area (Å²) in [6.45, 7) is 5.82. The van der Waals surface area contributed by atoms with Crippen molar-refractivity contribution in [3.05, 3.63) is 17.5 Å². The minimum absolute atomic E-state index is 0.0461. The SMILES string of the molecule is CC(C)c1cc(C(=O)N2CC3CCC(N)C3C2)n[nH]1. The molecule has 3 atom stereocenters. The Morgan fingerprint density at radius 2 is 2.26 bits per heavy atom. The molecule has 0 bridgehead atoms. The summed E-state index contributed by atoms with van der Waals surface area (Å²) in [5.41, 5.74) is 7.66. The summed E-state index contributed by atoms with van der Waals surface area (Å²) in [7, 11) is 0. The van der Waals surface area contributed by atoms with E-state index in [0.717, 1.165) is 31.6 Å². The predicted octanol–water partition coefficient (Wildman–Crippen LogP) is 1.34. The van der Waals surface area contributed by atoms with Crippen molar-refractivity contribution in [3.8, 4) is 0 Å². The first-order valence-electron chi connectivity index (χ1n) is 7.16. The molecule has 0 spiro atoms. The van der Waals surface area contributed by atoms with Gasteiger partial charge in [0.1, 0.15) is 5.69 Å². The molecule has 2 aliphatic rings. The van der Waals surface area contributed by atoms with Gasteiger partial charge in [0.25, 0.3) is 5.91 Å². The molecule has 1 aliphatic carbocycles. The van der Waals surface area contributed by atoms with E-state index in [1.54, 1.807) is 0 Å². The zero-order chi connectivity index (χ0) is 13.6. The molecule has 5 nitrogen and oxygen atoms in total. The van der Waals surface area contributed by atoms with Gasteiger partial charge in [-0.25, -0.2) is 0 Å². The van der Waals surface area contributed by atoms with Crippen molar-refractivity contribution in [2.24, 2.45) is 17.6 Å². The van der Waals surface area contributed by atoms with Gasteiger partial charge in [0.15, 0.2) is 0 Å². The van der Waals surface area contributed by atoms with Crippen molar-refractivity contribution < 1.29 is 4.79 Å². The number of nitrogens with two attached hydrogens (primary N) is 1. The molecule has 3 N–H and O–H groups in total. The first kappa shape index (κ1) is 12.7. The summed E-state index contributed by atoms with van der Waals surface area (Å²) >= 11 is 0. The van der Waals surface area contributed by atoms with Gasteiger partial charge in [0, 0.05) is 24.8 Å². The van der Waals surface area contributed by atoms with Crippen molar-refractivity contribution in [2.75, 3.05) is 13.1 Å². The fourth-order valence-corrected chi connectivity index (χ4v) is 3.38. The number of carbonyl (C=O) groups is 1. The fourth-order valence-electron chi connectivity index (χ4n) is 3.38. The Balaban J connectivity index is 1.71. The van der Waals surface area contributed by atoms with Crippen LogP contribution in [0.4, 0.5) is 0 Å². The van der Waals surface area contributed by atoms with Gasteiger partial charge in [-0.3, -0.25) is 9.89 Å². The average Bonchev–Trinajstić information content (AvgIpc) is 3.05. The van der Waals surface area contributed by atoms with Crippen LogP contribution in [0, 0.1) is 11.8 Å². The summed E-state index contributed by atoms with van der Waals surface area (Å²) in [6.07, 6.45) is 2.27. The number of likely N-dealkylation sites (tertiary alicyclic amines) is 1. The van der Waals surface area contributed by atoms with Crippen LogP contribution in [-0.2, 0) is 0 Å². The van der Waals surface area contributed by atoms with Gasteiger partial charge in [-0.1, -0.05) is 13.8 Å². The lowest BCUT2D eigenvalue weighted by atomic mass is 9.98. The highest BCUT2D eigenvalue weighted by molar-refractivity contribution is 5.92. The molecule has 2 fully saturated rings. The molecule has 19 heavy (non-hydrogen) atoms. The van der Waals surface area contributed by atoms with Gasteiger partial charge in [-0.15, -0.1) is 0 Å². The molecular formula is C14H22N4O. The number of H-pyrrole nitrogens is 1. The first-order valence-corrected chi connectivity index (χ1v) is 7.16. The minimum atomic E-state index is 0.0461. The summed E-state index contributed by atoms with van der Waals surface area (Å²) in [5, 5.41) is 7.09. The van der Waals surface area contributed by atoms with Crippen LogP contribution in [0.5, 0.6) is 0 Å². The Morgan fingerprint density at radius 3 is 2.89 bits per heavy atom. The first-order chi connectivity index (χ1) is 9.06. The number of amides is 1. The van der Waals surface area contributed by atoms with Crippen LogP contribution < -0.4 is 5.73 Å². The van der Waals surface area contributed by atoms with E-state index in [1.165, 1.54) is 0 Å². The summed E-state index contributed by atoms with van der Waals surface area (Å²) in [6, 6.07) is 2.15. The van der Waals surface area contributed by atoms with E-state index in [0.29, 0.717) is 23.4 Å². The van der Waals surface area contributed by atoms with Crippen LogP contribution in [0.3, 0.4) is 0 Å². The van der Waals surface area contributed by atoms with Crippen LogP contribution >= 0.6 is 0 Å². The monoisotopic (exact) mass is 262 g/mol. The van der Waals surface area contributed by atoms with E-state index in [-0.39, 0.29) is 11.9 Å². The molecule has 1 aliphatic heterocycles. The Bertz CT molecular complexity index is 482. The Labute approximate surface area is 113 Å². The third-order valence-corrected chi connectivity index (χ3v) is 4.64. The van der Waals surface area contributed by atoms with Crippen molar-refractivity contribution in [3.63, 3.8) is 0 Å². The third-order valence-electron chi connectivity index (χ3n) is 4.64. The number of aromatic nitrogens is 2. The fraction of sp³-hybridized carbons (Fsp3) is 0.714. The maximum Gasteiger partial charge on any atom is 0.274 e. The smallest absolute Gasteiger partial charge is 0.274 e. The van der Waals surface area contributed by atoms with E-state index >= 15 is 0 Å². The lowest BCUT2D eigenvalue weighted by molar-refractivity contribution is 0.0773. The van der Waals surface area contributed by atoms with Gasteiger partial charge < -0.3 is 10.6 Å². The number of nitrogens with zero attached hydrogens (tertiary/aromatic N) is 2. The minimum Gasteiger partial charge on any atom is -0.337 e. The van der Waals surface area contributed by atoms with Gasteiger partial charge in [0.05, 0.1) is 0 Å². The molecule has 1 amide bonds. The Morgan fingerprint density at radius 1 is 1.47 bits per heavy atom. The Hall–Kier alpha value is -1.36. The average molecular weight is 262 g/mol. The molecule has 104 valence electrons. The van der Waals surface area contributed by atoms with Crippen molar-refractivity contribution in [1.29, 1.82) is 0 Å². The lowest BCUT2D eigenvalue weighted by Gasteiger charge is -2.17. The highest BCUT2D eigenvalue weighted by atomic mass is 16.2. The summed E-state index contributed by atoms with van der Waals surface area (Å²) in [5.74, 6) is 1.50. The molecule has 1 aromatic rings. The highest BCUT2D eigenvalue weighted by Crippen LogP contribution is 2.37. The molecular weight excluding hydrogens is 240 g/mol. The van der Waals surface area contributed by atoms with Crippen molar-refractivity contribution in [2.45, 2.75) is 38.6 Å². The van der Waals surface area contributed by atoms with Crippen LogP contribution in [-0.4, -0.2) is 40.1 Å².